The maximum Gasteiger partial charge on any atom is 0.407 e. The fourth-order valence-electron chi connectivity index (χ4n) is 1.19. The van der Waals surface area contributed by atoms with Gasteiger partial charge in [-0.15, -0.1) is 0 Å². The van der Waals surface area contributed by atoms with Crippen LogP contribution in [0.15, 0.2) is 0 Å². The lowest BCUT2D eigenvalue weighted by molar-refractivity contribution is 0.0968. The Kier molecular flexibility index (Phi) is 4.91. The first-order chi connectivity index (χ1) is 6.29. The second-order valence-electron chi connectivity index (χ2n) is 4.73. The number of hydrogen-bond donors (Lipinski definition) is 2. The third kappa shape index (κ3) is 4.46. The van der Waals surface area contributed by atoms with Crippen LogP contribution in [0, 0.1) is 5.92 Å². The van der Waals surface area contributed by atoms with E-state index in [0.29, 0.717) is 19.0 Å². The number of hydrogen-bond acceptors (Lipinski definition) is 2. The molecule has 14 heavy (non-hydrogen) atoms. The highest BCUT2D eigenvalue weighted by molar-refractivity contribution is 5.65. The Morgan fingerprint density at radius 1 is 1.50 bits per heavy atom. The predicted octanol–water partition coefficient (Wildman–Crippen LogP) is 1.75. The van der Waals surface area contributed by atoms with E-state index in [2.05, 4.69) is 0 Å². The van der Waals surface area contributed by atoms with E-state index in [-0.39, 0.29) is 5.54 Å². The molecule has 4 nitrogen and oxygen atoms in total. The fraction of sp³-hybridized carbons (Fsp3) is 0.900. The summed E-state index contributed by atoms with van der Waals surface area (Å²) >= 11 is 0. The summed E-state index contributed by atoms with van der Waals surface area (Å²) in [5, 5.41) is 8.99. The highest BCUT2D eigenvalue weighted by Crippen LogP contribution is 2.15. The molecule has 3 N–H and O–H groups in total. The summed E-state index contributed by atoms with van der Waals surface area (Å²) < 4.78 is 0. The molecule has 0 aromatic rings. The van der Waals surface area contributed by atoms with Crippen molar-refractivity contribution in [1.29, 1.82) is 0 Å². The number of carbonyl (C=O) groups is 1. The first-order valence-electron chi connectivity index (χ1n) is 4.99. The van der Waals surface area contributed by atoms with Crippen LogP contribution >= 0.6 is 0 Å². The first-order valence-corrected chi connectivity index (χ1v) is 4.99. The molecule has 1 atom stereocenters. The van der Waals surface area contributed by atoms with E-state index in [9.17, 15) is 4.79 Å². The van der Waals surface area contributed by atoms with Crippen molar-refractivity contribution in [2.24, 2.45) is 11.7 Å². The quantitative estimate of drug-likeness (QED) is 0.729. The molecule has 84 valence electrons. The van der Waals surface area contributed by atoms with Gasteiger partial charge < -0.3 is 15.7 Å². The van der Waals surface area contributed by atoms with Crippen LogP contribution in [0.3, 0.4) is 0 Å². The summed E-state index contributed by atoms with van der Waals surface area (Å²) in [5.74, 6) is 0.374. The van der Waals surface area contributed by atoms with Crippen LogP contribution < -0.4 is 5.73 Å². The largest absolute Gasteiger partial charge is 0.465 e. The SMILES string of the molecule is C[C@@H](CN)CCN(C(=O)O)C(C)(C)C. The Bertz CT molecular complexity index is 187. The Balaban J connectivity index is 4.19. The standard InChI is InChI=1S/C10H22N2O2/c1-8(7-11)5-6-12(9(13)14)10(2,3)4/h8H,5-7,11H2,1-4H3,(H,13,14)/t8-/m1/s1. The zero-order valence-corrected chi connectivity index (χ0v) is 9.58. The molecule has 0 aliphatic heterocycles. The number of amides is 1. The number of nitrogens with two attached hydrogens (primary N) is 1. The van der Waals surface area contributed by atoms with Gasteiger partial charge in [-0.2, -0.15) is 0 Å². The molecule has 0 saturated heterocycles. The summed E-state index contributed by atoms with van der Waals surface area (Å²) in [4.78, 5) is 12.4. The maximum absolute atomic E-state index is 10.9. The van der Waals surface area contributed by atoms with Crippen LogP contribution in [0.5, 0.6) is 0 Å². The molecule has 0 radical (unpaired) electrons. The molecule has 0 bridgehead atoms. The van der Waals surface area contributed by atoms with Gasteiger partial charge in [-0.1, -0.05) is 6.92 Å². The van der Waals surface area contributed by atoms with E-state index >= 15 is 0 Å². The lowest BCUT2D eigenvalue weighted by Crippen LogP contribution is -2.45. The van der Waals surface area contributed by atoms with Crippen LogP contribution in [-0.2, 0) is 0 Å². The predicted molar refractivity (Wildman–Crippen MR) is 57.3 cm³/mol. The third-order valence-electron chi connectivity index (χ3n) is 2.29. The van der Waals surface area contributed by atoms with Crippen molar-refractivity contribution < 1.29 is 9.90 Å². The zero-order valence-electron chi connectivity index (χ0n) is 9.58. The lowest BCUT2D eigenvalue weighted by atomic mass is 10.0. The average Bonchev–Trinajstić information content (AvgIpc) is 2.01. The van der Waals surface area contributed by atoms with Gasteiger partial charge in [0.25, 0.3) is 0 Å². The van der Waals surface area contributed by atoms with E-state index in [1.54, 1.807) is 0 Å². The van der Waals surface area contributed by atoms with Gasteiger partial charge in [-0.05, 0) is 39.7 Å². The Hall–Kier alpha value is -0.770. The van der Waals surface area contributed by atoms with Crippen LogP contribution in [0.25, 0.3) is 0 Å². The minimum atomic E-state index is -0.860. The summed E-state index contributed by atoms with van der Waals surface area (Å²) in [6, 6.07) is 0. The van der Waals surface area contributed by atoms with Crippen molar-refractivity contribution in [3.8, 4) is 0 Å². The van der Waals surface area contributed by atoms with Crippen LogP contribution in [0.4, 0.5) is 4.79 Å². The lowest BCUT2D eigenvalue weighted by Gasteiger charge is -2.33. The molecule has 0 aromatic carbocycles. The maximum atomic E-state index is 10.9. The molecule has 4 heteroatoms. The van der Waals surface area contributed by atoms with E-state index < -0.39 is 6.09 Å². The molecule has 0 rings (SSSR count). The van der Waals surface area contributed by atoms with Crippen LogP contribution in [-0.4, -0.2) is 34.7 Å². The molecule has 1 amide bonds. The second-order valence-corrected chi connectivity index (χ2v) is 4.73. The van der Waals surface area contributed by atoms with Crippen molar-refractivity contribution in [3.63, 3.8) is 0 Å². The molecule has 0 aliphatic rings. The van der Waals surface area contributed by atoms with Gasteiger partial charge in [0.1, 0.15) is 0 Å². The molecule has 0 unspecified atom stereocenters. The van der Waals surface area contributed by atoms with Gasteiger partial charge in [-0.25, -0.2) is 4.79 Å². The molecule has 0 aliphatic carbocycles. The van der Waals surface area contributed by atoms with Crippen molar-refractivity contribution in [2.45, 2.75) is 39.7 Å². The molecule has 0 aromatic heterocycles. The van der Waals surface area contributed by atoms with Gasteiger partial charge in [-0.3, -0.25) is 0 Å². The summed E-state index contributed by atoms with van der Waals surface area (Å²) in [6.45, 7) is 8.88. The van der Waals surface area contributed by atoms with E-state index in [0.717, 1.165) is 6.42 Å². The summed E-state index contributed by atoms with van der Waals surface area (Å²) in [6.07, 6.45) is -0.0400. The van der Waals surface area contributed by atoms with Crippen LogP contribution in [0.1, 0.15) is 34.1 Å². The van der Waals surface area contributed by atoms with Crippen molar-refractivity contribution in [3.05, 3.63) is 0 Å². The van der Waals surface area contributed by atoms with Crippen molar-refractivity contribution in [2.75, 3.05) is 13.1 Å². The number of carboxylic acid groups (broad SMARTS) is 1. The average molecular weight is 202 g/mol. The second kappa shape index (κ2) is 5.20. The smallest absolute Gasteiger partial charge is 0.407 e. The Morgan fingerprint density at radius 2 is 2.00 bits per heavy atom. The molecule has 0 heterocycles. The highest BCUT2D eigenvalue weighted by atomic mass is 16.4. The normalized spacial score (nSPS) is 13.8. The van der Waals surface area contributed by atoms with E-state index in [4.69, 9.17) is 10.8 Å². The summed E-state index contributed by atoms with van der Waals surface area (Å²) in [7, 11) is 0. The number of nitrogens with zero attached hydrogens (tertiary/aromatic N) is 1. The van der Waals surface area contributed by atoms with E-state index in [1.165, 1.54) is 4.90 Å². The molecule has 0 fully saturated rings. The van der Waals surface area contributed by atoms with Crippen molar-refractivity contribution >= 4 is 6.09 Å². The van der Waals surface area contributed by atoms with Crippen molar-refractivity contribution in [1.82, 2.24) is 4.90 Å². The van der Waals surface area contributed by atoms with Gasteiger partial charge in [0.2, 0.25) is 0 Å². The fourth-order valence-corrected chi connectivity index (χ4v) is 1.19. The van der Waals surface area contributed by atoms with Gasteiger partial charge in [0.15, 0.2) is 0 Å². The van der Waals surface area contributed by atoms with E-state index in [1.807, 2.05) is 27.7 Å². The topological polar surface area (TPSA) is 66.6 Å². The minimum absolute atomic E-state index is 0.333. The monoisotopic (exact) mass is 202 g/mol. The molecular weight excluding hydrogens is 180 g/mol. The third-order valence-corrected chi connectivity index (χ3v) is 2.29. The molecular formula is C10H22N2O2. The first kappa shape index (κ1) is 13.2. The van der Waals surface area contributed by atoms with Crippen LogP contribution in [0.2, 0.25) is 0 Å². The highest BCUT2D eigenvalue weighted by Gasteiger charge is 2.25. The summed E-state index contributed by atoms with van der Waals surface area (Å²) in [5.41, 5.74) is 5.14. The van der Waals surface area contributed by atoms with Gasteiger partial charge in [0.05, 0.1) is 0 Å². The zero-order chi connectivity index (χ0) is 11.4. The minimum Gasteiger partial charge on any atom is -0.465 e. The van der Waals surface area contributed by atoms with Gasteiger partial charge in [0, 0.05) is 12.1 Å². The molecule has 0 spiro atoms. The number of rotatable bonds is 4. The molecule has 0 saturated carbocycles. The van der Waals surface area contributed by atoms with Gasteiger partial charge >= 0.3 is 6.09 Å². The Labute approximate surface area is 86.1 Å². The Morgan fingerprint density at radius 3 is 2.29 bits per heavy atom.